The Kier molecular flexibility index (Phi) is 6.46. The van der Waals surface area contributed by atoms with Crippen molar-refractivity contribution in [2.24, 2.45) is 0 Å². The Hall–Kier alpha value is -3.41. The molecule has 2 heterocycles. The number of ether oxygens (including phenoxy) is 3. The Morgan fingerprint density at radius 2 is 1.52 bits per heavy atom. The lowest BCUT2D eigenvalue weighted by Crippen LogP contribution is -2.46. The number of anilines is 2. The maximum atomic E-state index is 5.88. The van der Waals surface area contributed by atoms with E-state index in [9.17, 15) is 0 Å². The minimum Gasteiger partial charge on any atom is -0.497 e. The number of para-hydroxylation sites is 1. The highest BCUT2D eigenvalue weighted by molar-refractivity contribution is 5.80. The van der Waals surface area contributed by atoms with E-state index in [1.54, 1.807) is 14.2 Å². The smallest absolute Gasteiger partial charge is 0.213 e. The molecule has 0 spiro atoms. The molecule has 1 fully saturated rings. The van der Waals surface area contributed by atoms with Gasteiger partial charge in [0.2, 0.25) is 5.88 Å². The summed E-state index contributed by atoms with van der Waals surface area (Å²) in [5.41, 5.74) is 4.19. The van der Waals surface area contributed by atoms with Gasteiger partial charge in [-0.25, -0.2) is 4.98 Å². The molecule has 2 aromatic carbocycles. The summed E-state index contributed by atoms with van der Waals surface area (Å²) in [5.74, 6) is 2.31. The molecule has 1 aliphatic heterocycles. The van der Waals surface area contributed by atoms with E-state index in [1.165, 1.54) is 5.69 Å². The van der Waals surface area contributed by atoms with Crippen molar-refractivity contribution in [1.29, 1.82) is 0 Å². The number of piperazine rings is 1. The first kappa shape index (κ1) is 20.8. The number of hydrogen-bond donors (Lipinski definition) is 0. The second-order valence-electron chi connectivity index (χ2n) is 7.32. The summed E-state index contributed by atoms with van der Waals surface area (Å²) in [7, 11) is 3.34. The van der Waals surface area contributed by atoms with Crippen molar-refractivity contribution in [2.45, 2.75) is 6.92 Å². The average Bonchev–Trinajstić information content (AvgIpc) is 2.84. The summed E-state index contributed by atoms with van der Waals surface area (Å²) in [6.45, 7) is 6.29. The van der Waals surface area contributed by atoms with E-state index in [0.29, 0.717) is 12.5 Å². The molecule has 4 rings (SSSR count). The average molecular weight is 420 g/mol. The summed E-state index contributed by atoms with van der Waals surface area (Å²) >= 11 is 0. The highest BCUT2D eigenvalue weighted by atomic mass is 16.5. The lowest BCUT2D eigenvalue weighted by atomic mass is 10.1. The maximum absolute atomic E-state index is 5.88. The van der Waals surface area contributed by atoms with E-state index >= 15 is 0 Å². The van der Waals surface area contributed by atoms with Gasteiger partial charge in [0.25, 0.3) is 0 Å². The van der Waals surface area contributed by atoms with Crippen molar-refractivity contribution in [3.8, 4) is 28.6 Å². The minimum absolute atomic E-state index is 0.599. The Balaban J connectivity index is 1.59. The van der Waals surface area contributed by atoms with Gasteiger partial charge in [-0.05, 0) is 49.4 Å². The zero-order valence-corrected chi connectivity index (χ0v) is 18.4. The van der Waals surface area contributed by atoms with Gasteiger partial charge >= 0.3 is 0 Å². The van der Waals surface area contributed by atoms with Crippen LogP contribution in [-0.4, -0.2) is 52.0 Å². The van der Waals surface area contributed by atoms with E-state index in [4.69, 9.17) is 19.2 Å². The number of methoxy groups -OCH3 is 2. The van der Waals surface area contributed by atoms with Gasteiger partial charge in [-0.2, -0.15) is 0 Å². The number of pyridine rings is 1. The Bertz CT molecular complexity index is 999. The molecule has 6 heteroatoms. The Morgan fingerprint density at radius 1 is 0.806 bits per heavy atom. The molecule has 0 radical (unpaired) electrons. The molecule has 162 valence electrons. The third-order valence-corrected chi connectivity index (χ3v) is 5.56. The molecule has 1 saturated heterocycles. The minimum atomic E-state index is 0.599. The third kappa shape index (κ3) is 4.53. The number of benzene rings is 2. The van der Waals surface area contributed by atoms with Crippen LogP contribution in [0.1, 0.15) is 6.92 Å². The van der Waals surface area contributed by atoms with Crippen molar-refractivity contribution < 1.29 is 14.2 Å². The summed E-state index contributed by atoms with van der Waals surface area (Å²) in [4.78, 5) is 9.60. The van der Waals surface area contributed by atoms with Crippen LogP contribution in [-0.2, 0) is 0 Å². The molecule has 0 amide bonds. The van der Waals surface area contributed by atoms with Crippen LogP contribution in [0.4, 0.5) is 11.4 Å². The summed E-state index contributed by atoms with van der Waals surface area (Å²) < 4.78 is 16.6. The van der Waals surface area contributed by atoms with Crippen molar-refractivity contribution in [1.82, 2.24) is 4.98 Å². The van der Waals surface area contributed by atoms with Crippen LogP contribution in [0.3, 0.4) is 0 Å². The summed E-state index contributed by atoms with van der Waals surface area (Å²) in [6, 6.07) is 20.3. The monoisotopic (exact) mass is 419 g/mol. The first-order valence-electron chi connectivity index (χ1n) is 10.6. The Labute approximate surface area is 184 Å². The second kappa shape index (κ2) is 9.60. The molecule has 3 aromatic rings. The summed E-state index contributed by atoms with van der Waals surface area (Å²) in [5, 5.41) is 0. The predicted molar refractivity (Wildman–Crippen MR) is 125 cm³/mol. The number of hydrogen-bond acceptors (Lipinski definition) is 6. The molecule has 1 aliphatic rings. The molecule has 6 nitrogen and oxygen atoms in total. The van der Waals surface area contributed by atoms with Gasteiger partial charge in [-0.3, -0.25) is 0 Å². The van der Waals surface area contributed by atoms with Gasteiger partial charge in [0.05, 0.1) is 26.5 Å². The predicted octanol–water partition coefficient (Wildman–Crippen LogP) is 4.49. The van der Waals surface area contributed by atoms with Crippen LogP contribution < -0.4 is 24.0 Å². The second-order valence-corrected chi connectivity index (χ2v) is 7.32. The van der Waals surface area contributed by atoms with Crippen molar-refractivity contribution >= 4 is 11.4 Å². The van der Waals surface area contributed by atoms with E-state index < -0.39 is 0 Å². The number of nitrogens with zero attached hydrogens (tertiary/aromatic N) is 3. The molecule has 1 aromatic heterocycles. The molecular formula is C25H29N3O3. The Morgan fingerprint density at radius 3 is 2.19 bits per heavy atom. The topological polar surface area (TPSA) is 47.1 Å². The first-order chi connectivity index (χ1) is 15.2. The number of rotatable bonds is 7. The van der Waals surface area contributed by atoms with Gasteiger partial charge in [-0.1, -0.05) is 12.1 Å². The third-order valence-electron chi connectivity index (χ3n) is 5.56. The van der Waals surface area contributed by atoms with Crippen LogP contribution in [0.2, 0.25) is 0 Å². The molecule has 0 aliphatic carbocycles. The van der Waals surface area contributed by atoms with Gasteiger partial charge in [0.1, 0.15) is 17.2 Å². The van der Waals surface area contributed by atoms with Gasteiger partial charge < -0.3 is 24.0 Å². The zero-order valence-electron chi connectivity index (χ0n) is 18.4. The van der Waals surface area contributed by atoms with E-state index in [-0.39, 0.29) is 0 Å². The molecule has 0 N–H and O–H groups in total. The molecule has 31 heavy (non-hydrogen) atoms. The van der Waals surface area contributed by atoms with E-state index in [1.807, 2.05) is 43.3 Å². The molecule has 0 bridgehead atoms. The van der Waals surface area contributed by atoms with Crippen molar-refractivity contribution in [2.75, 3.05) is 56.8 Å². The lowest BCUT2D eigenvalue weighted by molar-refractivity contribution is 0.341. The highest BCUT2D eigenvalue weighted by Crippen LogP contribution is 2.37. The van der Waals surface area contributed by atoms with Crippen LogP contribution in [0.5, 0.6) is 17.4 Å². The van der Waals surface area contributed by atoms with E-state index in [2.05, 4.69) is 34.1 Å². The molecule has 0 unspecified atom stereocenters. The van der Waals surface area contributed by atoms with Crippen molar-refractivity contribution in [3.63, 3.8) is 0 Å². The van der Waals surface area contributed by atoms with Gasteiger partial charge in [0.15, 0.2) is 0 Å². The normalized spacial score (nSPS) is 13.8. The maximum Gasteiger partial charge on any atom is 0.213 e. The van der Waals surface area contributed by atoms with Crippen molar-refractivity contribution in [3.05, 3.63) is 60.7 Å². The standard InChI is InChI=1S/C25H29N3O3/c1-4-31-23-8-6-5-7-21(23)25-22(13-14-24(26-25)30-3)28-17-15-27(16-18-28)19-9-11-20(29-2)12-10-19/h5-14H,4,15-18H2,1-3H3. The quantitative estimate of drug-likeness (QED) is 0.562. The van der Waals surface area contributed by atoms with Crippen LogP contribution in [0, 0.1) is 0 Å². The van der Waals surface area contributed by atoms with Crippen LogP contribution in [0.15, 0.2) is 60.7 Å². The largest absolute Gasteiger partial charge is 0.497 e. The lowest BCUT2D eigenvalue weighted by Gasteiger charge is -2.38. The fraction of sp³-hybridized carbons (Fsp3) is 0.320. The first-order valence-corrected chi connectivity index (χ1v) is 10.6. The SMILES string of the molecule is CCOc1ccccc1-c1nc(OC)ccc1N1CCN(c2ccc(OC)cc2)CC1. The van der Waals surface area contributed by atoms with Crippen LogP contribution in [0.25, 0.3) is 11.3 Å². The molecular weight excluding hydrogens is 390 g/mol. The fourth-order valence-corrected chi connectivity index (χ4v) is 3.94. The fourth-order valence-electron chi connectivity index (χ4n) is 3.94. The van der Waals surface area contributed by atoms with Gasteiger partial charge in [0, 0.05) is 43.5 Å². The van der Waals surface area contributed by atoms with E-state index in [0.717, 1.165) is 54.6 Å². The summed E-state index contributed by atoms with van der Waals surface area (Å²) in [6.07, 6.45) is 0. The highest BCUT2D eigenvalue weighted by Gasteiger charge is 2.22. The van der Waals surface area contributed by atoms with Crippen LogP contribution >= 0.6 is 0 Å². The molecule has 0 saturated carbocycles. The molecule has 0 atom stereocenters. The van der Waals surface area contributed by atoms with Gasteiger partial charge in [-0.15, -0.1) is 0 Å². The number of aromatic nitrogens is 1. The zero-order chi connectivity index (χ0) is 21.6.